The van der Waals surface area contributed by atoms with Crippen LogP contribution >= 0.6 is 23.2 Å². The highest BCUT2D eigenvalue weighted by atomic mass is 35.5. The number of anilines is 1. The second kappa shape index (κ2) is 5.53. The number of piperidine rings is 1. The van der Waals surface area contributed by atoms with Crippen LogP contribution in [0.3, 0.4) is 0 Å². The molecule has 104 valence electrons. The highest BCUT2D eigenvalue weighted by Gasteiger charge is 2.28. The molecule has 7 heteroatoms. The molecule has 0 bridgehead atoms. The van der Waals surface area contributed by atoms with Crippen LogP contribution in [0.1, 0.15) is 13.3 Å². The molecule has 0 radical (unpaired) electrons. The first-order valence-electron chi connectivity index (χ1n) is 6.02. The van der Waals surface area contributed by atoms with Gasteiger partial charge in [0.15, 0.2) is 0 Å². The van der Waals surface area contributed by atoms with Crippen molar-refractivity contribution in [3.8, 4) is 0 Å². The normalized spacial score (nSPS) is 23.5. The Morgan fingerprint density at radius 1 is 1.37 bits per heavy atom. The van der Waals surface area contributed by atoms with Crippen LogP contribution in [0.25, 0.3) is 0 Å². The molecule has 1 heterocycles. The van der Waals surface area contributed by atoms with Crippen molar-refractivity contribution in [2.75, 3.05) is 18.0 Å². The largest absolute Gasteiger partial charge is 0.364 e. The fourth-order valence-electron chi connectivity index (χ4n) is 2.52. The zero-order valence-electron chi connectivity index (χ0n) is 10.5. The van der Waals surface area contributed by atoms with Crippen LogP contribution in [0.15, 0.2) is 12.1 Å². The van der Waals surface area contributed by atoms with E-state index in [4.69, 9.17) is 28.9 Å². The second-order valence-corrected chi connectivity index (χ2v) is 5.83. The molecule has 1 saturated heterocycles. The number of nitro groups is 1. The highest BCUT2D eigenvalue weighted by Crippen LogP contribution is 2.37. The molecule has 5 nitrogen and oxygen atoms in total. The van der Waals surface area contributed by atoms with Gasteiger partial charge in [0.05, 0.1) is 15.0 Å². The molecular weight excluding hydrogens is 289 g/mol. The summed E-state index contributed by atoms with van der Waals surface area (Å²) < 4.78 is 0. The van der Waals surface area contributed by atoms with E-state index in [9.17, 15) is 10.1 Å². The monoisotopic (exact) mass is 303 g/mol. The average Bonchev–Trinajstić information content (AvgIpc) is 2.30. The lowest BCUT2D eigenvalue weighted by Gasteiger charge is -2.36. The molecule has 2 atom stereocenters. The van der Waals surface area contributed by atoms with Crippen molar-refractivity contribution in [2.24, 2.45) is 11.7 Å². The van der Waals surface area contributed by atoms with E-state index in [0.717, 1.165) is 13.0 Å². The molecule has 2 rings (SSSR count). The van der Waals surface area contributed by atoms with Gasteiger partial charge >= 0.3 is 0 Å². The Hall–Kier alpha value is -1.04. The maximum Gasteiger partial charge on any atom is 0.294 e. The summed E-state index contributed by atoms with van der Waals surface area (Å²) in [6.07, 6.45) is 0.922. The standard InChI is InChI=1S/C12H15Cl2N3O2/c1-7-2-8(15)6-16(5-7)11-3-9(13)10(14)4-12(11)17(18)19/h3-4,7-8H,2,5-6,15H2,1H3. The molecule has 19 heavy (non-hydrogen) atoms. The maximum absolute atomic E-state index is 11.1. The minimum Gasteiger partial charge on any atom is -0.364 e. The summed E-state index contributed by atoms with van der Waals surface area (Å²) in [6.45, 7) is 3.39. The van der Waals surface area contributed by atoms with Crippen LogP contribution in [0.5, 0.6) is 0 Å². The van der Waals surface area contributed by atoms with Crippen LogP contribution in [0, 0.1) is 16.0 Å². The Balaban J connectivity index is 2.42. The van der Waals surface area contributed by atoms with Gasteiger partial charge in [-0.2, -0.15) is 0 Å². The van der Waals surface area contributed by atoms with E-state index in [1.807, 2.05) is 4.90 Å². The third kappa shape index (κ3) is 3.11. The van der Waals surface area contributed by atoms with Crippen LogP contribution in [0.2, 0.25) is 10.0 Å². The molecule has 0 saturated carbocycles. The molecule has 0 amide bonds. The quantitative estimate of drug-likeness (QED) is 0.673. The van der Waals surface area contributed by atoms with E-state index >= 15 is 0 Å². The fraction of sp³-hybridized carbons (Fsp3) is 0.500. The molecule has 1 fully saturated rings. The van der Waals surface area contributed by atoms with Crippen molar-refractivity contribution in [3.05, 3.63) is 32.3 Å². The van der Waals surface area contributed by atoms with E-state index in [2.05, 4.69) is 6.92 Å². The molecule has 1 aromatic carbocycles. The van der Waals surface area contributed by atoms with Gasteiger partial charge in [0.25, 0.3) is 5.69 Å². The van der Waals surface area contributed by atoms with E-state index in [-0.39, 0.29) is 16.8 Å². The Kier molecular flexibility index (Phi) is 4.18. The Bertz CT molecular complexity index is 500. The first-order valence-corrected chi connectivity index (χ1v) is 6.78. The molecule has 1 aliphatic rings. The fourth-order valence-corrected chi connectivity index (χ4v) is 2.84. The minimum absolute atomic E-state index is 0.0119. The lowest BCUT2D eigenvalue weighted by Crippen LogP contribution is -2.46. The zero-order chi connectivity index (χ0) is 14.2. The maximum atomic E-state index is 11.1. The van der Waals surface area contributed by atoms with Crippen LogP contribution in [-0.2, 0) is 0 Å². The topological polar surface area (TPSA) is 72.4 Å². The van der Waals surface area contributed by atoms with Crippen LogP contribution in [-0.4, -0.2) is 24.1 Å². The number of hydrogen-bond donors (Lipinski definition) is 1. The minimum atomic E-state index is -0.442. The summed E-state index contributed by atoms with van der Waals surface area (Å²) in [5.41, 5.74) is 6.43. The van der Waals surface area contributed by atoms with Crippen molar-refractivity contribution < 1.29 is 4.92 Å². The number of nitro benzene ring substituents is 1. The Morgan fingerprint density at radius 3 is 2.58 bits per heavy atom. The van der Waals surface area contributed by atoms with Gasteiger partial charge in [-0.25, -0.2) is 0 Å². The van der Waals surface area contributed by atoms with Gasteiger partial charge in [-0.1, -0.05) is 30.1 Å². The van der Waals surface area contributed by atoms with Crippen molar-refractivity contribution in [2.45, 2.75) is 19.4 Å². The molecule has 2 N–H and O–H groups in total. The Morgan fingerprint density at radius 2 is 2.00 bits per heavy atom. The van der Waals surface area contributed by atoms with Gasteiger partial charge in [-0.15, -0.1) is 0 Å². The first-order chi connectivity index (χ1) is 8.88. The third-order valence-electron chi connectivity index (χ3n) is 3.25. The molecule has 0 aromatic heterocycles. The summed E-state index contributed by atoms with van der Waals surface area (Å²) in [4.78, 5) is 12.6. The average molecular weight is 304 g/mol. The van der Waals surface area contributed by atoms with Gasteiger partial charge in [-0.05, 0) is 18.4 Å². The van der Waals surface area contributed by atoms with Crippen molar-refractivity contribution in [1.82, 2.24) is 0 Å². The van der Waals surface area contributed by atoms with Crippen LogP contribution < -0.4 is 10.6 Å². The lowest BCUT2D eigenvalue weighted by atomic mass is 9.96. The van der Waals surface area contributed by atoms with Crippen LogP contribution in [0.4, 0.5) is 11.4 Å². The molecular formula is C12H15Cl2N3O2. The predicted octanol–water partition coefficient (Wildman–Crippen LogP) is 3.08. The summed E-state index contributed by atoms with van der Waals surface area (Å²) in [7, 11) is 0. The number of benzene rings is 1. The van der Waals surface area contributed by atoms with Crippen molar-refractivity contribution >= 4 is 34.6 Å². The lowest BCUT2D eigenvalue weighted by molar-refractivity contribution is -0.384. The van der Waals surface area contributed by atoms with Crippen molar-refractivity contribution in [1.29, 1.82) is 0 Å². The first kappa shape index (κ1) is 14.4. The summed E-state index contributed by atoms with van der Waals surface area (Å²) >= 11 is 11.8. The summed E-state index contributed by atoms with van der Waals surface area (Å²) in [5.74, 6) is 0.387. The number of hydrogen-bond acceptors (Lipinski definition) is 4. The number of rotatable bonds is 2. The van der Waals surface area contributed by atoms with Gasteiger partial charge in [0, 0.05) is 25.2 Å². The molecule has 1 aromatic rings. The summed E-state index contributed by atoms with van der Waals surface area (Å²) in [5, 5.41) is 11.6. The zero-order valence-corrected chi connectivity index (χ0v) is 12.0. The SMILES string of the molecule is CC1CC(N)CN(c2cc(Cl)c(Cl)cc2[N+](=O)[O-])C1. The predicted molar refractivity (Wildman–Crippen MR) is 77.1 cm³/mol. The molecule has 2 unspecified atom stereocenters. The number of nitrogens with zero attached hydrogens (tertiary/aromatic N) is 2. The van der Waals surface area contributed by atoms with E-state index in [0.29, 0.717) is 23.2 Å². The molecule has 1 aliphatic heterocycles. The van der Waals surface area contributed by atoms with Gasteiger partial charge < -0.3 is 10.6 Å². The highest BCUT2D eigenvalue weighted by molar-refractivity contribution is 6.42. The van der Waals surface area contributed by atoms with E-state index in [1.54, 1.807) is 6.07 Å². The van der Waals surface area contributed by atoms with E-state index < -0.39 is 4.92 Å². The third-order valence-corrected chi connectivity index (χ3v) is 3.97. The van der Waals surface area contributed by atoms with Gasteiger partial charge in [-0.3, -0.25) is 10.1 Å². The number of halogens is 2. The van der Waals surface area contributed by atoms with Gasteiger partial charge in [0.1, 0.15) is 5.69 Å². The molecule has 0 spiro atoms. The summed E-state index contributed by atoms with van der Waals surface area (Å²) in [6, 6.07) is 2.86. The van der Waals surface area contributed by atoms with E-state index in [1.165, 1.54) is 6.07 Å². The Labute approximate surface area is 121 Å². The van der Waals surface area contributed by atoms with Gasteiger partial charge in [0.2, 0.25) is 0 Å². The van der Waals surface area contributed by atoms with Crippen molar-refractivity contribution in [3.63, 3.8) is 0 Å². The number of nitrogens with two attached hydrogens (primary N) is 1. The molecule has 0 aliphatic carbocycles. The second-order valence-electron chi connectivity index (χ2n) is 5.02. The smallest absolute Gasteiger partial charge is 0.294 e.